The maximum absolute atomic E-state index is 12.7. The van der Waals surface area contributed by atoms with Crippen molar-refractivity contribution in [2.45, 2.75) is 4.90 Å². The van der Waals surface area contributed by atoms with E-state index in [9.17, 15) is 4.39 Å². The third-order valence-electron chi connectivity index (χ3n) is 2.29. The van der Waals surface area contributed by atoms with Crippen LogP contribution < -0.4 is 0 Å². The Labute approximate surface area is 104 Å². The van der Waals surface area contributed by atoms with E-state index in [2.05, 4.69) is 4.90 Å². The van der Waals surface area contributed by atoms with Crippen LogP contribution in [0.1, 0.15) is 0 Å². The van der Waals surface area contributed by atoms with Crippen LogP contribution in [-0.4, -0.2) is 35.5 Å². The number of benzene rings is 1. The van der Waals surface area contributed by atoms with Crippen LogP contribution in [0.4, 0.5) is 4.39 Å². The second-order valence-corrected chi connectivity index (χ2v) is 5.13. The van der Waals surface area contributed by atoms with Crippen LogP contribution in [0, 0.1) is 5.82 Å². The van der Waals surface area contributed by atoms with Crippen LogP contribution in [0.15, 0.2) is 29.2 Å². The summed E-state index contributed by atoms with van der Waals surface area (Å²) in [7, 11) is 0. The van der Waals surface area contributed by atoms with E-state index in [1.165, 1.54) is 23.9 Å². The first-order valence-corrected chi connectivity index (χ1v) is 6.28. The van der Waals surface area contributed by atoms with Gasteiger partial charge in [-0.25, -0.2) is 4.39 Å². The number of hydrogen-bond donors (Lipinski definition) is 0. The molecule has 86 valence electrons. The molecule has 1 aromatic carbocycles. The molecule has 1 fully saturated rings. The Hall–Kier alpha value is -0.650. The van der Waals surface area contributed by atoms with Crippen molar-refractivity contribution in [2.75, 3.05) is 26.3 Å². The van der Waals surface area contributed by atoms with Gasteiger partial charge in [-0.05, 0) is 24.3 Å². The minimum Gasteiger partial charge on any atom is -0.378 e. The number of morpholine rings is 1. The van der Waals surface area contributed by atoms with E-state index in [0.717, 1.165) is 35.5 Å². The summed E-state index contributed by atoms with van der Waals surface area (Å²) in [4.78, 5) is 3.09. The predicted molar refractivity (Wildman–Crippen MR) is 67.2 cm³/mol. The van der Waals surface area contributed by atoms with Gasteiger partial charge in [-0.1, -0.05) is 24.0 Å². The molecule has 5 heteroatoms. The van der Waals surface area contributed by atoms with E-state index >= 15 is 0 Å². The van der Waals surface area contributed by atoms with E-state index in [-0.39, 0.29) is 5.82 Å². The molecule has 0 aromatic heterocycles. The van der Waals surface area contributed by atoms with Gasteiger partial charge < -0.3 is 9.64 Å². The maximum Gasteiger partial charge on any atom is 0.141 e. The molecule has 2 rings (SSSR count). The average molecular weight is 257 g/mol. The lowest BCUT2D eigenvalue weighted by molar-refractivity contribution is 0.0702. The second-order valence-electron chi connectivity index (χ2n) is 3.42. The second kappa shape index (κ2) is 5.61. The van der Waals surface area contributed by atoms with Gasteiger partial charge in [0.05, 0.1) is 13.2 Å². The lowest BCUT2D eigenvalue weighted by Gasteiger charge is -2.28. The van der Waals surface area contributed by atoms with Crippen molar-refractivity contribution in [3.05, 3.63) is 30.1 Å². The van der Waals surface area contributed by atoms with Gasteiger partial charge in [0.25, 0.3) is 0 Å². The fourth-order valence-corrected chi connectivity index (χ4v) is 2.67. The number of rotatable bonds is 1. The summed E-state index contributed by atoms with van der Waals surface area (Å²) >= 11 is 6.82. The normalized spacial score (nSPS) is 16.2. The van der Waals surface area contributed by atoms with Crippen LogP contribution in [-0.2, 0) is 4.74 Å². The highest BCUT2D eigenvalue weighted by atomic mass is 32.2. The summed E-state index contributed by atoms with van der Waals surface area (Å²) in [5.41, 5.74) is 0. The molecule has 0 spiro atoms. The predicted octanol–water partition coefficient (Wildman–Crippen LogP) is 2.53. The molecule has 0 aliphatic carbocycles. The summed E-state index contributed by atoms with van der Waals surface area (Å²) in [6.45, 7) is 3.13. The lowest BCUT2D eigenvalue weighted by Crippen LogP contribution is -2.38. The molecule has 0 radical (unpaired) electrons. The van der Waals surface area contributed by atoms with E-state index in [1.54, 1.807) is 12.1 Å². The average Bonchev–Trinajstić information content (AvgIpc) is 2.33. The van der Waals surface area contributed by atoms with Crippen molar-refractivity contribution in [1.29, 1.82) is 0 Å². The van der Waals surface area contributed by atoms with Gasteiger partial charge in [0, 0.05) is 18.0 Å². The van der Waals surface area contributed by atoms with Crippen LogP contribution in [0.2, 0.25) is 0 Å². The van der Waals surface area contributed by atoms with E-state index < -0.39 is 0 Å². The van der Waals surface area contributed by atoms with Crippen molar-refractivity contribution in [3.63, 3.8) is 0 Å². The molecule has 0 N–H and O–H groups in total. The molecule has 0 saturated carbocycles. The number of hydrogen-bond acceptors (Lipinski definition) is 3. The maximum atomic E-state index is 12.7. The van der Waals surface area contributed by atoms with Crippen LogP contribution >= 0.6 is 24.0 Å². The van der Waals surface area contributed by atoms with Crippen molar-refractivity contribution < 1.29 is 9.13 Å². The molecule has 1 aliphatic rings. The molecule has 1 heterocycles. The third kappa shape index (κ3) is 3.17. The van der Waals surface area contributed by atoms with Gasteiger partial charge in [0.2, 0.25) is 0 Å². The summed E-state index contributed by atoms with van der Waals surface area (Å²) in [5.74, 6) is -0.221. The SMILES string of the molecule is Fc1ccc(SC(=S)N2CCOCC2)cc1. The van der Waals surface area contributed by atoms with Gasteiger partial charge >= 0.3 is 0 Å². The van der Waals surface area contributed by atoms with Crippen molar-refractivity contribution >= 4 is 28.3 Å². The molecule has 1 saturated heterocycles. The molecule has 1 aromatic rings. The van der Waals surface area contributed by atoms with E-state index in [4.69, 9.17) is 17.0 Å². The quantitative estimate of drug-likeness (QED) is 0.566. The molecule has 0 atom stereocenters. The van der Waals surface area contributed by atoms with Crippen LogP contribution in [0.5, 0.6) is 0 Å². The summed E-state index contributed by atoms with van der Waals surface area (Å²) in [6.07, 6.45) is 0. The largest absolute Gasteiger partial charge is 0.378 e. The summed E-state index contributed by atoms with van der Waals surface area (Å²) < 4.78 is 18.8. The molecule has 0 amide bonds. The fourth-order valence-electron chi connectivity index (χ4n) is 1.41. The highest BCUT2D eigenvalue weighted by Crippen LogP contribution is 2.22. The molecule has 2 nitrogen and oxygen atoms in total. The Balaban J connectivity index is 1.93. The number of ether oxygens (including phenoxy) is 1. The Bertz CT molecular complexity index is 363. The lowest BCUT2D eigenvalue weighted by atomic mass is 10.4. The first-order chi connectivity index (χ1) is 7.75. The zero-order valence-corrected chi connectivity index (χ0v) is 10.3. The zero-order chi connectivity index (χ0) is 11.4. The number of thioether (sulfide) groups is 1. The van der Waals surface area contributed by atoms with Crippen molar-refractivity contribution in [2.24, 2.45) is 0 Å². The van der Waals surface area contributed by atoms with E-state index in [0.29, 0.717) is 0 Å². The Morgan fingerprint density at radius 2 is 1.88 bits per heavy atom. The molecule has 16 heavy (non-hydrogen) atoms. The fraction of sp³-hybridized carbons (Fsp3) is 0.364. The summed E-state index contributed by atoms with van der Waals surface area (Å²) in [5, 5.41) is 0. The standard InChI is InChI=1S/C11H12FNOS2/c12-9-1-3-10(4-2-9)16-11(15)13-5-7-14-8-6-13/h1-4H,5-8H2. The molecule has 0 unspecified atom stereocenters. The van der Waals surface area contributed by atoms with Gasteiger partial charge in [-0.2, -0.15) is 0 Å². The first-order valence-electron chi connectivity index (χ1n) is 5.06. The minimum atomic E-state index is -0.221. The Kier molecular flexibility index (Phi) is 4.15. The van der Waals surface area contributed by atoms with Crippen molar-refractivity contribution in [3.8, 4) is 0 Å². The monoisotopic (exact) mass is 257 g/mol. The third-order valence-corrected chi connectivity index (χ3v) is 3.74. The zero-order valence-electron chi connectivity index (χ0n) is 8.69. The van der Waals surface area contributed by atoms with Gasteiger partial charge in [0.1, 0.15) is 10.1 Å². The molecule has 1 aliphatic heterocycles. The number of nitrogens with zero attached hydrogens (tertiary/aromatic N) is 1. The molecule has 0 bridgehead atoms. The number of halogens is 1. The molecular formula is C11H12FNOS2. The van der Waals surface area contributed by atoms with E-state index in [1.807, 2.05) is 0 Å². The number of thiocarbonyl (C=S) groups is 1. The topological polar surface area (TPSA) is 12.5 Å². The smallest absolute Gasteiger partial charge is 0.141 e. The minimum absolute atomic E-state index is 0.221. The van der Waals surface area contributed by atoms with Crippen LogP contribution in [0.25, 0.3) is 0 Å². The first kappa shape index (κ1) is 11.8. The van der Waals surface area contributed by atoms with Crippen LogP contribution in [0.3, 0.4) is 0 Å². The Morgan fingerprint density at radius 1 is 1.25 bits per heavy atom. The Morgan fingerprint density at radius 3 is 2.50 bits per heavy atom. The van der Waals surface area contributed by atoms with Gasteiger partial charge in [-0.3, -0.25) is 0 Å². The van der Waals surface area contributed by atoms with Gasteiger partial charge in [0.15, 0.2) is 0 Å². The van der Waals surface area contributed by atoms with Gasteiger partial charge in [-0.15, -0.1) is 0 Å². The highest BCUT2D eigenvalue weighted by molar-refractivity contribution is 8.22. The summed E-state index contributed by atoms with van der Waals surface area (Å²) in [6, 6.07) is 6.38. The van der Waals surface area contributed by atoms with Crippen molar-refractivity contribution in [1.82, 2.24) is 4.90 Å². The highest BCUT2D eigenvalue weighted by Gasteiger charge is 2.14. The molecular weight excluding hydrogens is 245 g/mol.